The third kappa shape index (κ3) is 3.55. The summed E-state index contributed by atoms with van der Waals surface area (Å²) in [6.45, 7) is 4.66. The average molecular weight is 410 g/mol. The third-order valence-corrected chi connectivity index (χ3v) is 6.11. The molecule has 1 aromatic carbocycles. The fourth-order valence-corrected chi connectivity index (χ4v) is 4.54. The summed E-state index contributed by atoms with van der Waals surface area (Å²) in [6, 6.07) is 15.8. The van der Waals surface area contributed by atoms with Gasteiger partial charge in [0.15, 0.2) is 0 Å². The molecule has 0 saturated carbocycles. The van der Waals surface area contributed by atoms with Gasteiger partial charge < -0.3 is 9.88 Å². The van der Waals surface area contributed by atoms with Crippen LogP contribution in [0.15, 0.2) is 54.7 Å². The zero-order chi connectivity index (χ0) is 19.7. The molecule has 3 heterocycles. The molecule has 0 spiro atoms. The van der Waals surface area contributed by atoms with Gasteiger partial charge in [-0.1, -0.05) is 23.7 Å². The summed E-state index contributed by atoms with van der Waals surface area (Å²) in [4.78, 5) is 19.1. The number of fused-ring (bicyclic) bond motifs is 1. The van der Waals surface area contributed by atoms with Crippen molar-refractivity contribution in [3.63, 3.8) is 0 Å². The van der Waals surface area contributed by atoms with E-state index >= 15 is 0 Å². The predicted octanol–water partition coefficient (Wildman–Crippen LogP) is 5.33. The van der Waals surface area contributed by atoms with Crippen LogP contribution in [-0.2, 0) is 6.42 Å². The fraction of sp³-hybridized carbons (Fsp3) is 0.182. The number of rotatable bonds is 5. The largest absolute Gasteiger partial charge is 0.351 e. The molecule has 0 aliphatic carbocycles. The zero-order valence-corrected chi connectivity index (χ0v) is 17.3. The standard InChI is InChI=1S/C22H20ClN3OS/c1-14-5-6-15(2)26(14)19-18-4-3-12-25-22(18)28-20(19)21(27)24-13-11-16-7-9-17(23)10-8-16/h3-10,12H,11,13H2,1-2H3,(H,24,27). The molecule has 3 aromatic heterocycles. The first-order chi connectivity index (χ1) is 13.5. The minimum Gasteiger partial charge on any atom is -0.351 e. The van der Waals surface area contributed by atoms with E-state index < -0.39 is 0 Å². The van der Waals surface area contributed by atoms with Gasteiger partial charge in [-0.2, -0.15) is 0 Å². The third-order valence-electron chi connectivity index (χ3n) is 4.75. The summed E-state index contributed by atoms with van der Waals surface area (Å²) >= 11 is 7.36. The highest BCUT2D eigenvalue weighted by Gasteiger charge is 2.22. The summed E-state index contributed by atoms with van der Waals surface area (Å²) in [6.07, 6.45) is 2.52. The predicted molar refractivity (Wildman–Crippen MR) is 116 cm³/mol. The van der Waals surface area contributed by atoms with Crippen molar-refractivity contribution >= 4 is 39.1 Å². The lowest BCUT2D eigenvalue weighted by Gasteiger charge is -2.12. The lowest BCUT2D eigenvalue weighted by atomic mass is 10.1. The normalized spacial score (nSPS) is 11.1. The van der Waals surface area contributed by atoms with E-state index in [-0.39, 0.29) is 5.91 Å². The number of benzene rings is 1. The first-order valence-corrected chi connectivity index (χ1v) is 10.3. The molecule has 0 aliphatic heterocycles. The van der Waals surface area contributed by atoms with Crippen LogP contribution in [0.5, 0.6) is 0 Å². The molecule has 4 nitrogen and oxygen atoms in total. The highest BCUT2D eigenvalue weighted by atomic mass is 35.5. The summed E-state index contributed by atoms with van der Waals surface area (Å²) < 4.78 is 2.13. The monoisotopic (exact) mass is 409 g/mol. The number of hydrogen-bond acceptors (Lipinski definition) is 3. The van der Waals surface area contributed by atoms with Crippen molar-refractivity contribution in [2.24, 2.45) is 0 Å². The van der Waals surface area contributed by atoms with Crippen molar-refractivity contribution in [3.05, 3.63) is 81.6 Å². The second kappa shape index (κ2) is 7.78. The maximum absolute atomic E-state index is 13.0. The maximum Gasteiger partial charge on any atom is 0.263 e. The SMILES string of the molecule is Cc1ccc(C)n1-c1c(C(=O)NCCc2ccc(Cl)cc2)sc2ncccc12. The Kier molecular flexibility index (Phi) is 5.20. The Bertz CT molecular complexity index is 1130. The number of nitrogens with zero attached hydrogens (tertiary/aromatic N) is 2. The van der Waals surface area contributed by atoms with Crippen LogP contribution >= 0.6 is 22.9 Å². The Morgan fingerprint density at radius 2 is 1.82 bits per heavy atom. The van der Waals surface area contributed by atoms with Gasteiger partial charge in [-0.3, -0.25) is 4.79 Å². The van der Waals surface area contributed by atoms with Gasteiger partial charge in [0, 0.05) is 34.5 Å². The number of carbonyl (C=O) groups excluding carboxylic acids is 1. The number of halogens is 1. The first kappa shape index (κ1) is 18.7. The van der Waals surface area contributed by atoms with E-state index in [0.717, 1.165) is 39.3 Å². The minimum atomic E-state index is -0.0699. The van der Waals surface area contributed by atoms with Gasteiger partial charge in [-0.15, -0.1) is 11.3 Å². The van der Waals surface area contributed by atoms with Crippen molar-refractivity contribution in [2.75, 3.05) is 6.54 Å². The number of amides is 1. The molecular weight excluding hydrogens is 390 g/mol. The second-order valence-electron chi connectivity index (χ2n) is 6.72. The second-order valence-corrected chi connectivity index (χ2v) is 8.16. The van der Waals surface area contributed by atoms with E-state index in [1.807, 2.05) is 36.4 Å². The molecule has 0 unspecified atom stereocenters. The molecule has 1 amide bonds. The van der Waals surface area contributed by atoms with Crippen molar-refractivity contribution in [2.45, 2.75) is 20.3 Å². The number of carbonyl (C=O) groups is 1. The maximum atomic E-state index is 13.0. The molecule has 0 aliphatic rings. The highest BCUT2D eigenvalue weighted by molar-refractivity contribution is 7.21. The number of aryl methyl sites for hydroxylation is 2. The summed E-state index contributed by atoms with van der Waals surface area (Å²) in [5.74, 6) is -0.0699. The molecule has 6 heteroatoms. The molecular formula is C22H20ClN3OS. The highest BCUT2D eigenvalue weighted by Crippen LogP contribution is 2.34. The van der Waals surface area contributed by atoms with E-state index in [9.17, 15) is 4.79 Å². The van der Waals surface area contributed by atoms with Gasteiger partial charge in [-0.05, 0) is 62.2 Å². The van der Waals surface area contributed by atoms with Gasteiger partial charge >= 0.3 is 0 Å². The molecule has 0 bridgehead atoms. The van der Waals surface area contributed by atoms with Crippen LogP contribution in [0, 0.1) is 13.8 Å². The van der Waals surface area contributed by atoms with Crippen molar-refractivity contribution in [1.29, 1.82) is 0 Å². The van der Waals surface area contributed by atoms with Crippen molar-refractivity contribution in [3.8, 4) is 5.69 Å². The topological polar surface area (TPSA) is 46.9 Å². The van der Waals surface area contributed by atoms with Crippen molar-refractivity contribution < 1.29 is 4.79 Å². The van der Waals surface area contributed by atoms with Gasteiger partial charge in [0.05, 0.1) is 5.69 Å². The Labute approximate surface area is 172 Å². The number of thiophene rings is 1. The average Bonchev–Trinajstić information content (AvgIpc) is 3.23. The molecule has 4 rings (SSSR count). The van der Waals surface area contributed by atoms with E-state index in [2.05, 4.69) is 40.8 Å². The molecule has 0 radical (unpaired) electrons. The molecule has 142 valence electrons. The molecule has 0 fully saturated rings. The van der Waals surface area contributed by atoms with Crippen LogP contribution in [0.4, 0.5) is 0 Å². The molecule has 1 N–H and O–H groups in total. The van der Waals surface area contributed by atoms with Crippen LogP contribution in [0.25, 0.3) is 15.9 Å². The van der Waals surface area contributed by atoms with E-state index in [0.29, 0.717) is 16.4 Å². The van der Waals surface area contributed by atoms with Gasteiger partial charge in [0.1, 0.15) is 9.71 Å². The molecule has 0 atom stereocenters. The number of nitrogens with one attached hydrogen (secondary N) is 1. The first-order valence-electron chi connectivity index (χ1n) is 9.10. The fourth-order valence-electron chi connectivity index (χ4n) is 3.37. The molecule has 4 aromatic rings. The number of pyridine rings is 1. The van der Waals surface area contributed by atoms with Gasteiger partial charge in [0.2, 0.25) is 0 Å². The van der Waals surface area contributed by atoms with Gasteiger partial charge in [0.25, 0.3) is 5.91 Å². The van der Waals surface area contributed by atoms with E-state index in [1.165, 1.54) is 11.3 Å². The summed E-state index contributed by atoms with van der Waals surface area (Å²) in [5.41, 5.74) is 4.24. The minimum absolute atomic E-state index is 0.0699. The van der Waals surface area contributed by atoms with Crippen LogP contribution in [0.3, 0.4) is 0 Å². The van der Waals surface area contributed by atoms with E-state index in [1.54, 1.807) is 6.20 Å². The number of hydrogen-bond donors (Lipinski definition) is 1. The van der Waals surface area contributed by atoms with Crippen LogP contribution < -0.4 is 5.32 Å². The van der Waals surface area contributed by atoms with Crippen LogP contribution in [-0.4, -0.2) is 22.0 Å². The van der Waals surface area contributed by atoms with Crippen molar-refractivity contribution in [1.82, 2.24) is 14.9 Å². The Balaban J connectivity index is 1.63. The lowest BCUT2D eigenvalue weighted by molar-refractivity contribution is 0.0958. The Morgan fingerprint density at radius 3 is 2.54 bits per heavy atom. The van der Waals surface area contributed by atoms with Gasteiger partial charge in [-0.25, -0.2) is 4.98 Å². The smallest absolute Gasteiger partial charge is 0.263 e. The quantitative estimate of drug-likeness (QED) is 0.484. The summed E-state index contributed by atoms with van der Waals surface area (Å²) in [5, 5.41) is 4.78. The molecule has 28 heavy (non-hydrogen) atoms. The molecule has 0 saturated heterocycles. The number of aromatic nitrogens is 2. The Morgan fingerprint density at radius 1 is 1.11 bits per heavy atom. The van der Waals surface area contributed by atoms with Crippen LogP contribution in [0.1, 0.15) is 26.6 Å². The lowest BCUT2D eigenvalue weighted by Crippen LogP contribution is -2.26. The van der Waals surface area contributed by atoms with E-state index in [4.69, 9.17) is 11.6 Å². The summed E-state index contributed by atoms with van der Waals surface area (Å²) in [7, 11) is 0. The Hall–Kier alpha value is -2.63. The van der Waals surface area contributed by atoms with Crippen LogP contribution in [0.2, 0.25) is 5.02 Å². The zero-order valence-electron chi connectivity index (χ0n) is 15.7.